The molecule has 1 saturated heterocycles. The zero-order valence-corrected chi connectivity index (χ0v) is 21.1. The maximum absolute atomic E-state index is 14.7. The Morgan fingerprint density at radius 3 is 2.50 bits per heavy atom. The van der Waals surface area contributed by atoms with Gasteiger partial charge in [-0.2, -0.15) is 13.2 Å². The number of alkyl halides is 4. The number of piperidine rings is 1. The molecule has 0 spiro atoms. The van der Waals surface area contributed by atoms with E-state index in [0.717, 1.165) is 0 Å². The molecule has 0 bridgehead atoms. The molecule has 0 radical (unpaired) electrons. The van der Waals surface area contributed by atoms with Gasteiger partial charge in [-0.15, -0.1) is 0 Å². The maximum atomic E-state index is 14.7. The molecule has 2 atom stereocenters. The molecule has 38 heavy (non-hydrogen) atoms. The number of benzene rings is 2. The lowest BCUT2D eigenvalue weighted by Crippen LogP contribution is -2.55. The van der Waals surface area contributed by atoms with Crippen molar-refractivity contribution in [1.29, 1.82) is 0 Å². The fourth-order valence-electron chi connectivity index (χ4n) is 4.15. The third-order valence-corrected chi connectivity index (χ3v) is 5.83. The Bertz CT molecular complexity index is 1310. The van der Waals surface area contributed by atoms with Gasteiger partial charge in [0, 0.05) is 29.6 Å². The van der Waals surface area contributed by atoms with E-state index < -0.39 is 42.6 Å². The minimum atomic E-state index is -4.51. The van der Waals surface area contributed by atoms with Crippen molar-refractivity contribution in [3.05, 3.63) is 54.3 Å². The lowest BCUT2D eigenvalue weighted by atomic mass is 10.0. The van der Waals surface area contributed by atoms with E-state index >= 15 is 0 Å². The van der Waals surface area contributed by atoms with E-state index in [1.165, 1.54) is 17.0 Å². The van der Waals surface area contributed by atoms with E-state index in [1.807, 2.05) is 0 Å². The fraction of sp³-hybridized carbons (Fsp3) is 0.407. The van der Waals surface area contributed by atoms with Crippen LogP contribution in [0, 0.1) is 0 Å². The van der Waals surface area contributed by atoms with Gasteiger partial charge in [0.15, 0.2) is 12.4 Å². The molecular formula is C27H28F4N2O5. The summed E-state index contributed by atoms with van der Waals surface area (Å²) in [6.45, 7) is 3.80. The topological polar surface area (TPSA) is 81.0 Å². The van der Waals surface area contributed by atoms with E-state index in [9.17, 15) is 27.2 Å². The van der Waals surface area contributed by atoms with E-state index in [-0.39, 0.29) is 36.6 Å². The quantitative estimate of drug-likeness (QED) is 0.398. The van der Waals surface area contributed by atoms with Crippen LogP contribution in [0.25, 0.3) is 22.1 Å². The molecule has 2 aromatic carbocycles. The summed E-state index contributed by atoms with van der Waals surface area (Å²) in [5.41, 5.74) is 0.325. The normalized spacial score (nSPS) is 18.3. The van der Waals surface area contributed by atoms with Gasteiger partial charge in [0.1, 0.15) is 23.1 Å². The summed E-state index contributed by atoms with van der Waals surface area (Å²) >= 11 is 0. The largest absolute Gasteiger partial charge is 0.483 e. The van der Waals surface area contributed by atoms with E-state index in [4.69, 9.17) is 13.9 Å². The minimum absolute atomic E-state index is 0.00411. The summed E-state index contributed by atoms with van der Waals surface area (Å²) in [7, 11) is 0. The first-order valence-corrected chi connectivity index (χ1v) is 12.0. The summed E-state index contributed by atoms with van der Waals surface area (Å²) in [6, 6.07) is 11.7. The summed E-state index contributed by atoms with van der Waals surface area (Å²) in [5, 5.41) is 3.12. The number of carbonyl (C=O) groups is 2. The van der Waals surface area contributed by atoms with E-state index in [0.29, 0.717) is 16.5 Å². The first kappa shape index (κ1) is 27.3. The highest BCUT2D eigenvalue weighted by Crippen LogP contribution is 2.37. The van der Waals surface area contributed by atoms with Crippen molar-refractivity contribution >= 4 is 23.0 Å². The number of furan rings is 1. The molecule has 4 rings (SSSR count). The average Bonchev–Trinajstić information content (AvgIpc) is 3.27. The molecule has 2 amide bonds. The molecule has 1 fully saturated rings. The van der Waals surface area contributed by atoms with Gasteiger partial charge in [-0.05, 0) is 39.3 Å². The maximum Gasteiger partial charge on any atom is 0.422 e. The zero-order valence-electron chi connectivity index (χ0n) is 21.1. The Balaban J connectivity index is 1.55. The third-order valence-electron chi connectivity index (χ3n) is 5.83. The van der Waals surface area contributed by atoms with Crippen LogP contribution < -0.4 is 10.1 Å². The van der Waals surface area contributed by atoms with Crippen LogP contribution in [-0.2, 0) is 4.74 Å². The second-order valence-electron chi connectivity index (χ2n) is 10.0. The number of para-hydroxylation sites is 2. The fourth-order valence-corrected chi connectivity index (χ4v) is 4.15. The number of ether oxygens (including phenoxy) is 2. The van der Waals surface area contributed by atoms with Gasteiger partial charge in [0.25, 0.3) is 5.91 Å². The molecule has 1 aromatic heterocycles. The van der Waals surface area contributed by atoms with E-state index in [1.54, 1.807) is 57.2 Å². The van der Waals surface area contributed by atoms with Crippen LogP contribution in [0.4, 0.5) is 22.4 Å². The number of carbonyl (C=O) groups excluding carboxylic acids is 2. The van der Waals surface area contributed by atoms with Crippen molar-refractivity contribution in [2.24, 2.45) is 0 Å². The molecule has 204 valence electrons. The Morgan fingerprint density at radius 2 is 1.79 bits per heavy atom. The highest BCUT2D eigenvalue weighted by Gasteiger charge is 2.35. The minimum Gasteiger partial charge on any atom is -0.483 e. The standard InChI is InChI=1S/C27H28F4N2O5/c1-26(2,3)38-25(35)33-12-11-19(28)20(14-33)32-24(34)22-13-16-7-6-9-18(23(16)37-22)17-8-4-5-10-21(17)36-15-27(29,30)31/h4-10,13,19-20H,11-12,14-15H2,1-3H3,(H,32,34). The van der Waals surface area contributed by atoms with Gasteiger partial charge in [0.2, 0.25) is 0 Å². The lowest BCUT2D eigenvalue weighted by Gasteiger charge is -2.36. The molecule has 0 aliphatic carbocycles. The SMILES string of the molecule is CC(C)(C)OC(=O)N1CCC(F)C(NC(=O)c2cc3cccc(-c4ccccc4OCC(F)(F)F)c3o2)C1. The number of rotatable bonds is 5. The Kier molecular flexibility index (Phi) is 7.57. The number of hydrogen-bond acceptors (Lipinski definition) is 5. The van der Waals surface area contributed by atoms with Gasteiger partial charge in [-0.1, -0.05) is 36.4 Å². The summed E-state index contributed by atoms with van der Waals surface area (Å²) in [5.74, 6) is -0.792. The van der Waals surface area contributed by atoms with Crippen LogP contribution in [0.3, 0.4) is 0 Å². The van der Waals surface area contributed by atoms with Crippen molar-refractivity contribution in [3.8, 4) is 16.9 Å². The van der Waals surface area contributed by atoms with Gasteiger partial charge < -0.3 is 24.1 Å². The van der Waals surface area contributed by atoms with Gasteiger partial charge in [-0.3, -0.25) is 4.79 Å². The van der Waals surface area contributed by atoms with Crippen LogP contribution in [0.1, 0.15) is 37.7 Å². The Hall–Kier alpha value is -3.76. The first-order valence-electron chi connectivity index (χ1n) is 12.0. The highest BCUT2D eigenvalue weighted by atomic mass is 19.4. The van der Waals surface area contributed by atoms with Crippen molar-refractivity contribution in [2.75, 3.05) is 19.7 Å². The van der Waals surface area contributed by atoms with Crippen LogP contribution in [0.2, 0.25) is 0 Å². The average molecular weight is 537 g/mol. The first-order chi connectivity index (χ1) is 17.8. The zero-order chi connectivity index (χ0) is 27.7. The van der Waals surface area contributed by atoms with Gasteiger partial charge in [0.05, 0.1) is 6.04 Å². The number of fused-ring (bicyclic) bond motifs is 1. The molecule has 11 heteroatoms. The number of likely N-dealkylation sites (tertiary alicyclic amines) is 1. The molecule has 1 aliphatic heterocycles. The molecule has 1 N–H and O–H groups in total. The second kappa shape index (κ2) is 10.5. The summed E-state index contributed by atoms with van der Waals surface area (Å²) in [4.78, 5) is 26.8. The number of hydrogen-bond donors (Lipinski definition) is 1. The van der Waals surface area contributed by atoms with E-state index in [2.05, 4.69) is 5.32 Å². The number of nitrogens with one attached hydrogen (secondary N) is 1. The number of halogens is 4. The van der Waals surface area contributed by atoms with Crippen LogP contribution in [0.5, 0.6) is 5.75 Å². The second-order valence-corrected chi connectivity index (χ2v) is 10.0. The van der Waals surface area contributed by atoms with Crippen molar-refractivity contribution < 1.29 is 41.0 Å². The smallest absolute Gasteiger partial charge is 0.422 e. The molecular weight excluding hydrogens is 508 g/mol. The van der Waals surface area contributed by atoms with Crippen molar-refractivity contribution in [2.45, 2.75) is 51.2 Å². The monoisotopic (exact) mass is 536 g/mol. The van der Waals surface area contributed by atoms with Crippen LogP contribution in [-0.4, -0.2) is 60.6 Å². The molecule has 3 aromatic rings. The Morgan fingerprint density at radius 1 is 1.08 bits per heavy atom. The van der Waals surface area contributed by atoms with Gasteiger partial charge in [-0.25, -0.2) is 9.18 Å². The Labute approximate surface area is 216 Å². The number of nitrogens with zero attached hydrogens (tertiary/aromatic N) is 1. The lowest BCUT2D eigenvalue weighted by molar-refractivity contribution is -0.153. The van der Waals surface area contributed by atoms with Crippen LogP contribution in [0.15, 0.2) is 52.9 Å². The predicted octanol–water partition coefficient (Wildman–Crippen LogP) is 6.12. The molecule has 0 saturated carbocycles. The molecule has 1 aliphatic rings. The molecule has 2 heterocycles. The van der Waals surface area contributed by atoms with Crippen molar-refractivity contribution in [1.82, 2.24) is 10.2 Å². The molecule has 2 unspecified atom stereocenters. The third kappa shape index (κ3) is 6.56. The molecule has 7 nitrogen and oxygen atoms in total. The summed E-state index contributed by atoms with van der Waals surface area (Å²) in [6.07, 6.45) is -6.45. The number of amides is 2. The summed E-state index contributed by atoms with van der Waals surface area (Å²) < 4.78 is 69.1. The highest BCUT2D eigenvalue weighted by molar-refractivity contribution is 6.00. The van der Waals surface area contributed by atoms with Gasteiger partial charge >= 0.3 is 12.3 Å². The van der Waals surface area contributed by atoms with Crippen LogP contribution >= 0.6 is 0 Å². The predicted molar refractivity (Wildman–Crippen MR) is 132 cm³/mol. The van der Waals surface area contributed by atoms with Crippen molar-refractivity contribution in [3.63, 3.8) is 0 Å².